The van der Waals surface area contributed by atoms with Crippen molar-refractivity contribution in [3.05, 3.63) is 90.3 Å². The van der Waals surface area contributed by atoms with Gasteiger partial charge in [-0.3, -0.25) is 9.13 Å². The van der Waals surface area contributed by atoms with Crippen molar-refractivity contribution in [1.82, 2.24) is 19.1 Å². The molecule has 0 aliphatic carbocycles. The number of aromatic nitrogens is 4. The van der Waals surface area contributed by atoms with Gasteiger partial charge in [-0.1, -0.05) is 82.3 Å². The summed E-state index contributed by atoms with van der Waals surface area (Å²) >= 11 is 0. The molecule has 0 bridgehead atoms. The van der Waals surface area contributed by atoms with Crippen molar-refractivity contribution >= 4 is 48.5 Å². The lowest BCUT2D eigenvalue weighted by Crippen LogP contribution is -2.26. The number of benzene rings is 3. The number of hydrogen-bond donors (Lipinski definition) is 1. The van der Waals surface area contributed by atoms with Crippen molar-refractivity contribution in [1.29, 1.82) is 0 Å². The van der Waals surface area contributed by atoms with Gasteiger partial charge in [0.05, 0.1) is 26.9 Å². The van der Waals surface area contributed by atoms with Crippen molar-refractivity contribution in [2.45, 2.75) is 38.3 Å². The number of hydrogen-bond acceptors (Lipinski definition) is 1. The lowest BCUT2D eigenvalue weighted by atomic mass is 9.62. The minimum Gasteiger partial charge on any atom is -0.340 e. The predicted octanol–water partition coefficient (Wildman–Crippen LogP) is 6.26. The predicted molar refractivity (Wildman–Crippen MR) is 147 cm³/mol. The molecule has 35 heavy (non-hydrogen) atoms. The van der Waals surface area contributed by atoms with E-state index >= 15 is 0 Å². The lowest BCUT2D eigenvalue weighted by Gasteiger charge is -2.31. The number of H-pyrrole nitrogens is 1. The zero-order valence-electron chi connectivity index (χ0n) is 20.5. The minimum atomic E-state index is -0.576. The standard InChI is InChI=1S/C29H26B2N4/c1-28(2,30)20-12-9-13-21(29(3,4)31)25(20)34-17-16-32-27(34)35-23-15-8-6-11-19(23)24-18-10-5-7-14-22(18)33-26(24)35/h5-17,33H,1-4H3. The molecule has 168 valence electrons. The average Bonchev–Trinajstić information content (AvgIpc) is 3.50. The van der Waals surface area contributed by atoms with Gasteiger partial charge in [-0.25, -0.2) is 4.98 Å². The van der Waals surface area contributed by atoms with Crippen molar-refractivity contribution in [2.75, 3.05) is 0 Å². The summed E-state index contributed by atoms with van der Waals surface area (Å²) in [5.41, 5.74) is 6.20. The molecule has 0 aliphatic heterocycles. The molecule has 3 aromatic heterocycles. The van der Waals surface area contributed by atoms with E-state index in [1.165, 1.54) is 16.2 Å². The highest BCUT2D eigenvalue weighted by Crippen LogP contribution is 2.39. The molecule has 0 unspecified atom stereocenters. The van der Waals surface area contributed by atoms with Crippen molar-refractivity contribution in [2.24, 2.45) is 0 Å². The van der Waals surface area contributed by atoms with Crippen LogP contribution in [-0.2, 0) is 10.6 Å². The van der Waals surface area contributed by atoms with Crippen LogP contribution in [0.2, 0.25) is 0 Å². The number of rotatable bonds is 4. The summed E-state index contributed by atoms with van der Waals surface area (Å²) in [6.45, 7) is 8.10. The molecule has 3 heterocycles. The molecule has 0 saturated heterocycles. The summed E-state index contributed by atoms with van der Waals surface area (Å²) in [7, 11) is 13.4. The normalized spacial score (nSPS) is 12.8. The zero-order chi connectivity index (χ0) is 24.5. The largest absolute Gasteiger partial charge is 0.340 e. The van der Waals surface area contributed by atoms with Gasteiger partial charge in [0.1, 0.15) is 5.65 Å². The van der Waals surface area contributed by atoms with Crippen LogP contribution in [0, 0.1) is 0 Å². The molecule has 6 aromatic rings. The van der Waals surface area contributed by atoms with E-state index in [4.69, 9.17) is 20.7 Å². The molecule has 1 N–H and O–H groups in total. The number of nitrogens with zero attached hydrogens (tertiary/aromatic N) is 3. The quantitative estimate of drug-likeness (QED) is 0.315. The van der Waals surface area contributed by atoms with Crippen LogP contribution in [0.3, 0.4) is 0 Å². The highest BCUT2D eigenvalue weighted by atomic mass is 15.3. The number of imidazole rings is 1. The van der Waals surface area contributed by atoms with Crippen LogP contribution in [0.4, 0.5) is 0 Å². The molecule has 4 radical (unpaired) electrons. The third kappa shape index (κ3) is 3.27. The van der Waals surface area contributed by atoms with E-state index in [0.717, 1.165) is 39.4 Å². The molecular formula is C29H26B2N4. The molecule has 6 rings (SSSR count). The highest BCUT2D eigenvalue weighted by molar-refractivity contribution is 6.21. The van der Waals surface area contributed by atoms with E-state index in [2.05, 4.69) is 74.8 Å². The van der Waals surface area contributed by atoms with Gasteiger partial charge in [0.25, 0.3) is 0 Å². The molecule has 0 atom stereocenters. The third-order valence-electron chi connectivity index (χ3n) is 6.81. The summed E-state index contributed by atoms with van der Waals surface area (Å²) in [5.74, 6) is 0.782. The van der Waals surface area contributed by atoms with Crippen molar-refractivity contribution in [3.63, 3.8) is 0 Å². The zero-order valence-corrected chi connectivity index (χ0v) is 20.5. The van der Waals surface area contributed by atoms with Gasteiger partial charge in [-0.15, -0.1) is 0 Å². The van der Waals surface area contributed by atoms with Crippen LogP contribution < -0.4 is 0 Å². The van der Waals surface area contributed by atoms with Crippen LogP contribution in [0.5, 0.6) is 0 Å². The Kier molecular flexibility index (Phi) is 4.63. The van der Waals surface area contributed by atoms with Crippen LogP contribution in [-0.4, -0.2) is 34.8 Å². The van der Waals surface area contributed by atoms with Crippen LogP contribution in [0.25, 0.3) is 44.5 Å². The molecule has 6 heteroatoms. The second-order valence-corrected chi connectivity index (χ2v) is 10.5. The maximum atomic E-state index is 6.69. The Morgan fingerprint density at radius 3 is 2.09 bits per heavy atom. The summed E-state index contributed by atoms with van der Waals surface area (Å²) in [6.07, 6.45) is 3.84. The van der Waals surface area contributed by atoms with Gasteiger partial charge in [-0.2, -0.15) is 0 Å². The van der Waals surface area contributed by atoms with Gasteiger partial charge in [0.2, 0.25) is 5.95 Å². The van der Waals surface area contributed by atoms with Gasteiger partial charge >= 0.3 is 0 Å². The van der Waals surface area contributed by atoms with E-state index in [9.17, 15) is 0 Å². The van der Waals surface area contributed by atoms with E-state index in [-0.39, 0.29) is 0 Å². The second kappa shape index (κ2) is 7.42. The Labute approximate surface area is 207 Å². The fraction of sp³-hybridized carbons (Fsp3) is 0.207. The number of fused-ring (bicyclic) bond motifs is 5. The summed E-state index contributed by atoms with van der Waals surface area (Å²) in [5, 5.41) is 2.42. The van der Waals surface area contributed by atoms with Crippen molar-refractivity contribution in [3.8, 4) is 11.6 Å². The number of para-hydroxylation sites is 3. The van der Waals surface area contributed by atoms with Gasteiger partial charge < -0.3 is 4.98 Å². The monoisotopic (exact) mass is 452 g/mol. The van der Waals surface area contributed by atoms with E-state index in [0.29, 0.717) is 0 Å². The smallest absolute Gasteiger partial charge is 0.220 e. The fourth-order valence-corrected chi connectivity index (χ4v) is 5.25. The highest BCUT2D eigenvalue weighted by Gasteiger charge is 2.28. The van der Waals surface area contributed by atoms with Crippen LogP contribution >= 0.6 is 0 Å². The maximum Gasteiger partial charge on any atom is 0.220 e. The average molecular weight is 452 g/mol. The Morgan fingerprint density at radius 1 is 0.771 bits per heavy atom. The first-order valence-corrected chi connectivity index (χ1v) is 11.9. The Morgan fingerprint density at radius 2 is 1.40 bits per heavy atom. The first-order chi connectivity index (χ1) is 16.7. The molecule has 0 saturated carbocycles. The van der Waals surface area contributed by atoms with E-state index in [1.807, 2.05) is 46.2 Å². The fourth-order valence-electron chi connectivity index (χ4n) is 5.25. The molecule has 0 fully saturated rings. The molecule has 3 aromatic carbocycles. The minimum absolute atomic E-state index is 0.576. The first kappa shape index (κ1) is 21.8. The number of nitrogens with one attached hydrogen (secondary N) is 1. The van der Waals surface area contributed by atoms with Crippen molar-refractivity contribution < 1.29 is 0 Å². The summed E-state index contributed by atoms with van der Waals surface area (Å²) < 4.78 is 4.34. The summed E-state index contributed by atoms with van der Waals surface area (Å²) in [6, 6.07) is 23.1. The van der Waals surface area contributed by atoms with Gasteiger partial charge in [0, 0.05) is 34.1 Å². The maximum absolute atomic E-state index is 6.69. The molecule has 0 aliphatic rings. The molecule has 0 amide bonds. The van der Waals surface area contributed by atoms with E-state index in [1.54, 1.807) is 0 Å². The van der Waals surface area contributed by atoms with Gasteiger partial charge in [-0.05, 0) is 33.9 Å². The molecule has 4 nitrogen and oxygen atoms in total. The van der Waals surface area contributed by atoms with Gasteiger partial charge in [0.15, 0.2) is 0 Å². The first-order valence-electron chi connectivity index (χ1n) is 11.9. The van der Waals surface area contributed by atoms with Crippen LogP contribution in [0.15, 0.2) is 79.1 Å². The number of aromatic amines is 1. The second-order valence-electron chi connectivity index (χ2n) is 10.5. The molecular weight excluding hydrogens is 426 g/mol. The SMILES string of the molecule is [B]C(C)(C)c1cccc(C([B])(C)C)c1-n1ccnc1-n1c2ccccc2c2c3ccccc3[nH]c21. The Bertz CT molecular complexity index is 1690. The van der Waals surface area contributed by atoms with E-state index < -0.39 is 10.6 Å². The van der Waals surface area contributed by atoms with Crippen LogP contribution in [0.1, 0.15) is 38.8 Å². The Balaban J connectivity index is 1.75. The topological polar surface area (TPSA) is 38.5 Å². The molecule has 0 spiro atoms. The Hall–Kier alpha value is -3.66. The third-order valence-corrected chi connectivity index (χ3v) is 6.81. The lowest BCUT2D eigenvalue weighted by molar-refractivity contribution is 0.715. The summed E-state index contributed by atoms with van der Waals surface area (Å²) in [4.78, 5) is 8.53.